The van der Waals surface area contributed by atoms with Crippen LogP contribution in [0.5, 0.6) is 0 Å². The van der Waals surface area contributed by atoms with Crippen LogP contribution in [0.15, 0.2) is 41.0 Å². The Labute approximate surface area is 147 Å². The molecule has 0 aliphatic carbocycles. The van der Waals surface area contributed by atoms with Crippen molar-refractivity contribution in [3.63, 3.8) is 0 Å². The standard InChI is InChI=1S/C16H17BrN4O3/c1-3-20-15(14(17)10-18-20)11-19(2)16(22)8-7-12-5-4-6-13(9-12)21(23)24/h4-10H,3,11H2,1-2H3/b8-7+. The highest BCUT2D eigenvalue weighted by Gasteiger charge is 2.13. The molecule has 0 N–H and O–H groups in total. The van der Waals surface area contributed by atoms with Crippen LogP contribution in [-0.4, -0.2) is 32.6 Å². The molecule has 2 aromatic rings. The Bertz CT molecular complexity index is 785. The quantitative estimate of drug-likeness (QED) is 0.429. The van der Waals surface area contributed by atoms with Crippen LogP contribution in [0.1, 0.15) is 18.2 Å². The smallest absolute Gasteiger partial charge is 0.270 e. The monoisotopic (exact) mass is 392 g/mol. The summed E-state index contributed by atoms with van der Waals surface area (Å²) < 4.78 is 2.67. The molecule has 1 aromatic heterocycles. The van der Waals surface area contributed by atoms with E-state index in [4.69, 9.17) is 0 Å². The number of carbonyl (C=O) groups excluding carboxylic acids is 1. The number of nitro groups is 1. The minimum absolute atomic E-state index is 0.00580. The van der Waals surface area contributed by atoms with E-state index in [0.717, 1.165) is 10.2 Å². The van der Waals surface area contributed by atoms with Gasteiger partial charge in [-0.3, -0.25) is 19.6 Å². The third-order valence-corrected chi connectivity index (χ3v) is 4.12. The van der Waals surface area contributed by atoms with Crippen molar-refractivity contribution < 1.29 is 9.72 Å². The molecule has 2 rings (SSSR count). The number of rotatable bonds is 6. The lowest BCUT2D eigenvalue weighted by molar-refractivity contribution is -0.384. The topological polar surface area (TPSA) is 81.3 Å². The summed E-state index contributed by atoms with van der Waals surface area (Å²) in [4.78, 5) is 24.1. The van der Waals surface area contributed by atoms with Gasteiger partial charge >= 0.3 is 0 Å². The molecule has 8 heteroatoms. The Kier molecular flexibility index (Phi) is 5.86. The van der Waals surface area contributed by atoms with Crippen LogP contribution in [0.2, 0.25) is 0 Å². The minimum atomic E-state index is -0.464. The van der Waals surface area contributed by atoms with E-state index < -0.39 is 4.92 Å². The molecule has 0 saturated carbocycles. The number of nitrogens with zero attached hydrogens (tertiary/aromatic N) is 4. The van der Waals surface area contributed by atoms with Gasteiger partial charge < -0.3 is 4.90 Å². The molecule has 24 heavy (non-hydrogen) atoms. The highest BCUT2D eigenvalue weighted by molar-refractivity contribution is 9.10. The van der Waals surface area contributed by atoms with Crippen molar-refractivity contribution in [2.75, 3.05) is 7.05 Å². The molecule has 0 atom stereocenters. The van der Waals surface area contributed by atoms with Crippen molar-refractivity contribution >= 4 is 33.6 Å². The Morgan fingerprint density at radius 2 is 2.25 bits per heavy atom. The van der Waals surface area contributed by atoms with Gasteiger partial charge in [-0.05, 0) is 34.5 Å². The summed E-state index contributed by atoms with van der Waals surface area (Å²) >= 11 is 3.43. The number of likely N-dealkylation sites (N-methyl/N-ethyl adjacent to an activating group) is 1. The fourth-order valence-corrected chi connectivity index (χ4v) is 2.58. The van der Waals surface area contributed by atoms with Crippen LogP contribution in [0, 0.1) is 10.1 Å². The fraction of sp³-hybridized carbons (Fsp3) is 0.250. The van der Waals surface area contributed by atoms with Crippen molar-refractivity contribution in [3.8, 4) is 0 Å². The molecule has 0 bridgehead atoms. The third-order valence-electron chi connectivity index (χ3n) is 3.46. The summed E-state index contributed by atoms with van der Waals surface area (Å²) in [6.45, 7) is 3.10. The first kappa shape index (κ1) is 17.9. The second kappa shape index (κ2) is 7.87. The van der Waals surface area contributed by atoms with Crippen LogP contribution in [0.3, 0.4) is 0 Å². The van der Waals surface area contributed by atoms with E-state index >= 15 is 0 Å². The highest BCUT2D eigenvalue weighted by atomic mass is 79.9. The lowest BCUT2D eigenvalue weighted by atomic mass is 10.2. The average molecular weight is 393 g/mol. The van der Waals surface area contributed by atoms with E-state index in [2.05, 4.69) is 21.0 Å². The first-order valence-electron chi connectivity index (χ1n) is 7.30. The molecule has 0 aliphatic heterocycles. The molecular weight excluding hydrogens is 376 g/mol. The zero-order valence-electron chi connectivity index (χ0n) is 13.3. The number of hydrogen-bond donors (Lipinski definition) is 0. The van der Waals surface area contributed by atoms with E-state index in [-0.39, 0.29) is 11.6 Å². The predicted molar refractivity (Wildman–Crippen MR) is 94.2 cm³/mol. The number of amides is 1. The van der Waals surface area contributed by atoms with Crippen molar-refractivity contribution in [1.82, 2.24) is 14.7 Å². The zero-order chi connectivity index (χ0) is 17.7. The number of non-ortho nitro benzene ring substituents is 1. The summed E-state index contributed by atoms with van der Waals surface area (Å²) in [7, 11) is 1.69. The second-order valence-electron chi connectivity index (χ2n) is 5.13. The van der Waals surface area contributed by atoms with Crippen LogP contribution < -0.4 is 0 Å². The maximum Gasteiger partial charge on any atom is 0.270 e. The molecule has 1 amide bonds. The number of aryl methyl sites for hydroxylation is 1. The molecule has 0 unspecified atom stereocenters. The van der Waals surface area contributed by atoms with Gasteiger partial charge in [0.2, 0.25) is 5.91 Å². The maximum atomic E-state index is 12.2. The van der Waals surface area contributed by atoms with Gasteiger partial charge in [0.1, 0.15) is 0 Å². The molecular formula is C16H17BrN4O3. The number of aromatic nitrogens is 2. The van der Waals surface area contributed by atoms with Crippen LogP contribution in [0.25, 0.3) is 6.08 Å². The normalized spacial score (nSPS) is 11.0. The Morgan fingerprint density at radius 3 is 2.92 bits per heavy atom. The van der Waals surface area contributed by atoms with Gasteiger partial charge in [-0.15, -0.1) is 0 Å². The molecule has 0 fully saturated rings. The van der Waals surface area contributed by atoms with E-state index in [0.29, 0.717) is 18.7 Å². The molecule has 0 aliphatic rings. The third kappa shape index (κ3) is 4.29. The van der Waals surface area contributed by atoms with Gasteiger partial charge in [0.15, 0.2) is 0 Å². The Morgan fingerprint density at radius 1 is 1.50 bits per heavy atom. The van der Waals surface area contributed by atoms with E-state index in [1.807, 2.05) is 11.6 Å². The molecule has 1 heterocycles. The molecule has 126 valence electrons. The lowest BCUT2D eigenvalue weighted by Crippen LogP contribution is -2.25. The number of nitro benzene ring substituents is 1. The molecule has 0 radical (unpaired) electrons. The SMILES string of the molecule is CCn1ncc(Br)c1CN(C)C(=O)/C=C/c1cccc([N+](=O)[O-])c1. The molecule has 0 spiro atoms. The Balaban J connectivity index is 2.07. The molecule has 1 aromatic carbocycles. The van der Waals surface area contributed by atoms with Crippen molar-refractivity contribution in [2.45, 2.75) is 20.0 Å². The minimum Gasteiger partial charge on any atom is -0.336 e. The maximum absolute atomic E-state index is 12.2. The summed E-state index contributed by atoms with van der Waals surface area (Å²) in [6, 6.07) is 6.13. The second-order valence-corrected chi connectivity index (χ2v) is 5.99. The number of benzene rings is 1. The summed E-state index contributed by atoms with van der Waals surface area (Å²) in [6.07, 6.45) is 4.67. The number of carbonyl (C=O) groups is 1. The van der Waals surface area contributed by atoms with Crippen molar-refractivity contribution in [1.29, 1.82) is 0 Å². The summed E-state index contributed by atoms with van der Waals surface area (Å²) in [5.74, 6) is -0.197. The predicted octanol–water partition coefficient (Wildman–Crippen LogP) is 3.25. The lowest BCUT2D eigenvalue weighted by Gasteiger charge is -2.16. The van der Waals surface area contributed by atoms with Gasteiger partial charge in [0.05, 0.1) is 27.8 Å². The first-order chi connectivity index (χ1) is 11.4. The van der Waals surface area contributed by atoms with Gasteiger partial charge in [-0.1, -0.05) is 12.1 Å². The van der Waals surface area contributed by atoms with Crippen molar-refractivity contribution in [3.05, 3.63) is 62.4 Å². The van der Waals surface area contributed by atoms with Crippen molar-refractivity contribution in [2.24, 2.45) is 0 Å². The molecule has 0 saturated heterocycles. The highest BCUT2D eigenvalue weighted by Crippen LogP contribution is 2.18. The summed E-state index contributed by atoms with van der Waals surface area (Å²) in [5, 5.41) is 15.0. The Hall–Kier alpha value is -2.48. The average Bonchev–Trinajstić information content (AvgIpc) is 2.92. The zero-order valence-corrected chi connectivity index (χ0v) is 14.9. The van der Waals surface area contributed by atoms with Crippen LogP contribution in [-0.2, 0) is 17.9 Å². The number of halogens is 1. The van der Waals surface area contributed by atoms with E-state index in [1.165, 1.54) is 18.2 Å². The molecule has 7 nitrogen and oxygen atoms in total. The van der Waals surface area contributed by atoms with Gasteiger partial charge in [-0.2, -0.15) is 5.10 Å². The van der Waals surface area contributed by atoms with Crippen LogP contribution in [0.4, 0.5) is 5.69 Å². The van der Waals surface area contributed by atoms with E-state index in [1.54, 1.807) is 36.4 Å². The largest absolute Gasteiger partial charge is 0.336 e. The van der Waals surface area contributed by atoms with Gasteiger partial charge in [-0.25, -0.2) is 0 Å². The van der Waals surface area contributed by atoms with Gasteiger partial charge in [0, 0.05) is 31.8 Å². The first-order valence-corrected chi connectivity index (χ1v) is 8.09. The van der Waals surface area contributed by atoms with E-state index in [9.17, 15) is 14.9 Å². The fourth-order valence-electron chi connectivity index (χ4n) is 2.16. The van der Waals surface area contributed by atoms with Crippen LogP contribution >= 0.6 is 15.9 Å². The van der Waals surface area contributed by atoms with Gasteiger partial charge in [0.25, 0.3) is 5.69 Å². The summed E-state index contributed by atoms with van der Waals surface area (Å²) in [5.41, 5.74) is 1.51. The number of hydrogen-bond acceptors (Lipinski definition) is 4.